The number of unbranched alkanes of at least 4 members (excludes halogenated alkanes) is 1. The summed E-state index contributed by atoms with van der Waals surface area (Å²) in [5, 5.41) is 12.1. The van der Waals surface area contributed by atoms with Gasteiger partial charge in [0, 0.05) is 20.3 Å². The van der Waals surface area contributed by atoms with Gasteiger partial charge in [0.1, 0.15) is 11.0 Å². The average Bonchev–Trinajstić information content (AvgIpc) is 2.41. The zero-order valence-electron chi connectivity index (χ0n) is 11.4. The van der Waals surface area contributed by atoms with Crippen LogP contribution in [0.5, 0.6) is 0 Å². The van der Waals surface area contributed by atoms with Crippen molar-refractivity contribution < 1.29 is 19.4 Å². The minimum atomic E-state index is -1.02. The molecule has 1 rings (SSSR count). The Bertz CT molecular complexity index is 429. The van der Waals surface area contributed by atoms with E-state index >= 15 is 0 Å². The van der Waals surface area contributed by atoms with Crippen LogP contribution in [-0.2, 0) is 9.47 Å². The summed E-state index contributed by atoms with van der Waals surface area (Å²) >= 11 is 5.76. The number of nitrogens with one attached hydrogen (secondary N) is 1. The Labute approximate surface area is 123 Å². The van der Waals surface area contributed by atoms with E-state index in [1.54, 1.807) is 7.11 Å². The molecule has 0 bridgehead atoms. The van der Waals surface area contributed by atoms with Crippen molar-refractivity contribution in [1.82, 2.24) is 4.98 Å². The van der Waals surface area contributed by atoms with Gasteiger partial charge in [0.05, 0.1) is 18.8 Å². The number of aromatic nitrogens is 1. The summed E-state index contributed by atoms with van der Waals surface area (Å²) in [5.74, 6) is -0.556. The standard InChI is InChI=1S/C13H19ClN2O4/c1-19-6-7-20-5-3-2-4-15-12-9-10(13(17)18)8-11(14)16-12/h8-9H,2-7H2,1H3,(H,15,16)(H,17,18). The Morgan fingerprint density at radius 1 is 1.35 bits per heavy atom. The van der Waals surface area contributed by atoms with Gasteiger partial charge in [-0.05, 0) is 25.0 Å². The molecule has 0 spiro atoms. The van der Waals surface area contributed by atoms with E-state index < -0.39 is 5.97 Å². The number of carboxylic acid groups (broad SMARTS) is 1. The molecule has 0 radical (unpaired) electrons. The van der Waals surface area contributed by atoms with Crippen molar-refractivity contribution in [3.05, 3.63) is 22.8 Å². The van der Waals surface area contributed by atoms with Crippen molar-refractivity contribution in [3.63, 3.8) is 0 Å². The van der Waals surface area contributed by atoms with Gasteiger partial charge in [0.25, 0.3) is 0 Å². The average molecular weight is 303 g/mol. The largest absolute Gasteiger partial charge is 0.478 e. The fraction of sp³-hybridized carbons (Fsp3) is 0.538. The number of ether oxygens (including phenoxy) is 2. The number of pyridine rings is 1. The highest BCUT2D eigenvalue weighted by Gasteiger charge is 2.06. The summed E-state index contributed by atoms with van der Waals surface area (Å²) in [6, 6.07) is 2.78. The topological polar surface area (TPSA) is 80.7 Å². The summed E-state index contributed by atoms with van der Waals surface area (Å²) < 4.78 is 10.2. The molecule has 0 saturated heterocycles. The van der Waals surface area contributed by atoms with Gasteiger partial charge < -0.3 is 19.9 Å². The molecule has 0 aliphatic heterocycles. The van der Waals surface area contributed by atoms with Crippen LogP contribution < -0.4 is 5.32 Å². The molecule has 2 N–H and O–H groups in total. The molecule has 1 aromatic heterocycles. The zero-order chi connectivity index (χ0) is 14.8. The first-order valence-corrected chi connectivity index (χ1v) is 6.72. The highest BCUT2D eigenvalue weighted by molar-refractivity contribution is 6.29. The van der Waals surface area contributed by atoms with Crippen LogP contribution >= 0.6 is 11.6 Å². The number of rotatable bonds is 10. The molecule has 0 aliphatic rings. The lowest BCUT2D eigenvalue weighted by Gasteiger charge is -2.07. The molecular formula is C13H19ClN2O4. The van der Waals surface area contributed by atoms with Crippen molar-refractivity contribution in [2.45, 2.75) is 12.8 Å². The minimum absolute atomic E-state index is 0.121. The van der Waals surface area contributed by atoms with Crippen molar-refractivity contribution in [2.24, 2.45) is 0 Å². The second-order valence-corrected chi connectivity index (χ2v) is 4.50. The van der Waals surface area contributed by atoms with Gasteiger partial charge in [-0.2, -0.15) is 0 Å². The van der Waals surface area contributed by atoms with E-state index in [0.29, 0.717) is 32.2 Å². The molecule has 0 aliphatic carbocycles. The number of methoxy groups -OCH3 is 1. The van der Waals surface area contributed by atoms with Gasteiger partial charge in [-0.25, -0.2) is 9.78 Å². The molecule has 0 saturated carbocycles. The van der Waals surface area contributed by atoms with Gasteiger partial charge in [0.15, 0.2) is 0 Å². The van der Waals surface area contributed by atoms with Gasteiger partial charge in [-0.15, -0.1) is 0 Å². The van der Waals surface area contributed by atoms with E-state index in [1.165, 1.54) is 12.1 Å². The first-order chi connectivity index (χ1) is 9.63. The summed E-state index contributed by atoms with van der Waals surface area (Å²) in [7, 11) is 1.64. The van der Waals surface area contributed by atoms with Crippen LogP contribution in [0, 0.1) is 0 Å². The second kappa shape index (κ2) is 9.52. The number of carboxylic acids is 1. The van der Waals surface area contributed by atoms with E-state index in [-0.39, 0.29) is 10.7 Å². The van der Waals surface area contributed by atoms with E-state index in [9.17, 15) is 4.79 Å². The van der Waals surface area contributed by atoms with Crippen molar-refractivity contribution in [3.8, 4) is 0 Å². The number of anilines is 1. The molecule has 1 aromatic rings. The van der Waals surface area contributed by atoms with E-state index in [1.807, 2.05) is 0 Å². The quantitative estimate of drug-likeness (QED) is 0.510. The van der Waals surface area contributed by atoms with Crippen LogP contribution in [0.2, 0.25) is 5.15 Å². The summed E-state index contributed by atoms with van der Waals surface area (Å²) in [6.07, 6.45) is 1.80. The number of carbonyl (C=O) groups is 1. The third-order valence-electron chi connectivity index (χ3n) is 2.49. The number of hydrogen-bond donors (Lipinski definition) is 2. The maximum Gasteiger partial charge on any atom is 0.335 e. The first-order valence-electron chi connectivity index (χ1n) is 6.35. The third kappa shape index (κ3) is 6.70. The predicted octanol–water partition coefficient (Wildman–Crippen LogP) is 2.29. The lowest BCUT2D eigenvalue weighted by molar-refractivity contribution is 0.0691. The first kappa shape index (κ1) is 16.7. The number of halogens is 1. The highest BCUT2D eigenvalue weighted by Crippen LogP contribution is 2.14. The molecule has 6 nitrogen and oxygen atoms in total. The minimum Gasteiger partial charge on any atom is -0.478 e. The molecule has 7 heteroatoms. The fourth-order valence-electron chi connectivity index (χ4n) is 1.50. The molecule has 0 atom stereocenters. The van der Waals surface area contributed by atoms with Crippen molar-refractivity contribution >= 4 is 23.4 Å². The number of nitrogens with zero attached hydrogens (tertiary/aromatic N) is 1. The summed E-state index contributed by atoms with van der Waals surface area (Å²) in [6.45, 7) is 2.55. The lowest BCUT2D eigenvalue weighted by atomic mass is 10.2. The Kier molecular flexibility index (Phi) is 7.94. The highest BCUT2D eigenvalue weighted by atomic mass is 35.5. The Balaban J connectivity index is 2.23. The van der Waals surface area contributed by atoms with E-state index in [0.717, 1.165) is 12.8 Å². The van der Waals surface area contributed by atoms with Gasteiger partial charge >= 0.3 is 5.97 Å². The fourth-order valence-corrected chi connectivity index (χ4v) is 1.71. The normalized spacial score (nSPS) is 10.5. The lowest BCUT2D eigenvalue weighted by Crippen LogP contribution is -2.08. The number of aromatic carboxylic acids is 1. The maximum absolute atomic E-state index is 10.9. The van der Waals surface area contributed by atoms with Gasteiger partial charge in [0.2, 0.25) is 0 Å². The van der Waals surface area contributed by atoms with Crippen LogP contribution in [0.25, 0.3) is 0 Å². The summed E-state index contributed by atoms with van der Waals surface area (Å²) in [4.78, 5) is 14.9. The van der Waals surface area contributed by atoms with Crippen molar-refractivity contribution in [2.75, 3.05) is 38.8 Å². The predicted molar refractivity (Wildman–Crippen MR) is 76.6 cm³/mol. The van der Waals surface area contributed by atoms with Crippen LogP contribution in [0.15, 0.2) is 12.1 Å². The molecule has 0 fully saturated rings. The molecule has 112 valence electrons. The molecular weight excluding hydrogens is 284 g/mol. The molecule has 0 amide bonds. The Morgan fingerprint density at radius 2 is 2.15 bits per heavy atom. The Hall–Kier alpha value is -1.37. The van der Waals surface area contributed by atoms with Crippen LogP contribution in [0.1, 0.15) is 23.2 Å². The van der Waals surface area contributed by atoms with Gasteiger partial charge in [-0.1, -0.05) is 11.6 Å². The van der Waals surface area contributed by atoms with Crippen LogP contribution in [0.3, 0.4) is 0 Å². The number of hydrogen-bond acceptors (Lipinski definition) is 5. The zero-order valence-corrected chi connectivity index (χ0v) is 12.2. The van der Waals surface area contributed by atoms with E-state index in [2.05, 4.69) is 10.3 Å². The Morgan fingerprint density at radius 3 is 2.85 bits per heavy atom. The molecule has 1 heterocycles. The van der Waals surface area contributed by atoms with Gasteiger partial charge in [-0.3, -0.25) is 0 Å². The SMILES string of the molecule is COCCOCCCCNc1cc(C(=O)O)cc(Cl)n1. The molecule has 0 unspecified atom stereocenters. The summed E-state index contributed by atoms with van der Waals surface area (Å²) in [5.41, 5.74) is 0.121. The van der Waals surface area contributed by atoms with Crippen LogP contribution in [-0.4, -0.2) is 49.5 Å². The van der Waals surface area contributed by atoms with Crippen molar-refractivity contribution in [1.29, 1.82) is 0 Å². The molecule has 20 heavy (non-hydrogen) atoms. The monoisotopic (exact) mass is 302 g/mol. The van der Waals surface area contributed by atoms with E-state index in [4.69, 9.17) is 26.2 Å². The van der Waals surface area contributed by atoms with Crippen LogP contribution in [0.4, 0.5) is 5.82 Å². The molecule has 0 aromatic carbocycles. The maximum atomic E-state index is 10.9. The third-order valence-corrected chi connectivity index (χ3v) is 2.69. The smallest absolute Gasteiger partial charge is 0.335 e. The second-order valence-electron chi connectivity index (χ2n) is 4.11.